The Labute approximate surface area is 139 Å². The third kappa shape index (κ3) is 6.92. The first kappa shape index (κ1) is 21.8. The highest BCUT2D eigenvalue weighted by Crippen LogP contribution is 2.08. The van der Waals surface area contributed by atoms with E-state index in [0.717, 1.165) is 0 Å². The van der Waals surface area contributed by atoms with Crippen molar-refractivity contribution in [1.82, 2.24) is 10.6 Å². The van der Waals surface area contributed by atoms with E-state index in [1.807, 2.05) is 0 Å². The maximum Gasteiger partial charge on any atom is 0.326 e. The molecule has 8 N–H and O–H groups in total. The van der Waals surface area contributed by atoms with Crippen molar-refractivity contribution in [3.63, 3.8) is 0 Å². The van der Waals surface area contributed by atoms with E-state index in [4.69, 9.17) is 11.5 Å². The topological polar surface area (TPSA) is 185 Å². The summed E-state index contributed by atoms with van der Waals surface area (Å²) in [6.07, 6.45) is -1.21. The Balaban J connectivity index is 5.15. The largest absolute Gasteiger partial charge is 0.480 e. The van der Waals surface area contributed by atoms with E-state index in [1.165, 1.54) is 6.92 Å². The molecule has 0 rings (SSSR count). The highest BCUT2D eigenvalue weighted by Gasteiger charge is 2.31. The van der Waals surface area contributed by atoms with Gasteiger partial charge in [0.2, 0.25) is 17.7 Å². The molecule has 0 bridgehead atoms. The summed E-state index contributed by atoms with van der Waals surface area (Å²) in [6, 6.07) is -3.87. The van der Waals surface area contributed by atoms with Crippen molar-refractivity contribution in [2.24, 2.45) is 17.4 Å². The van der Waals surface area contributed by atoms with Crippen LogP contribution in [0.1, 0.15) is 33.6 Å². The molecule has 10 heteroatoms. The van der Waals surface area contributed by atoms with Gasteiger partial charge in [-0.05, 0) is 12.8 Å². The van der Waals surface area contributed by atoms with Crippen molar-refractivity contribution in [2.75, 3.05) is 0 Å². The van der Waals surface area contributed by atoms with Crippen LogP contribution < -0.4 is 22.1 Å². The van der Waals surface area contributed by atoms with Crippen LogP contribution in [-0.2, 0) is 19.2 Å². The van der Waals surface area contributed by atoms with Gasteiger partial charge in [0.1, 0.15) is 18.1 Å². The first-order chi connectivity index (χ1) is 11.0. The number of carboxylic acids is 1. The number of carboxylic acid groups (broad SMARTS) is 1. The summed E-state index contributed by atoms with van der Waals surface area (Å²) in [6.45, 7) is 4.69. The first-order valence-electron chi connectivity index (χ1n) is 7.56. The van der Waals surface area contributed by atoms with Crippen LogP contribution in [0.15, 0.2) is 0 Å². The molecular formula is C14H26N4O6. The molecule has 5 atom stereocenters. The highest BCUT2D eigenvalue weighted by atomic mass is 16.4. The van der Waals surface area contributed by atoms with E-state index < -0.39 is 54.3 Å². The molecule has 0 heterocycles. The molecular weight excluding hydrogens is 320 g/mol. The fraction of sp³-hybridized carbons (Fsp3) is 0.714. The Hall–Kier alpha value is -2.20. The van der Waals surface area contributed by atoms with Crippen LogP contribution in [0.2, 0.25) is 0 Å². The number of nitrogens with two attached hydrogens (primary N) is 2. The number of carbonyl (C=O) groups excluding carboxylic acids is 3. The zero-order chi connectivity index (χ0) is 19.0. The lowest BCUT2D eigenvalue weighted by atomic mass is 9.98. The maximum atomic E-state index is 12.2. The molecule has 24 heavy (non-hydrogen) atoms. The summed E-state index contributed by atoms with van der Waals surface area (Å²) in [7, 11) is 0. The summed E-state index contributed by atoms with van der Waals surface area (Å²) in [4.78, 5) is 46.4. The normalized spacial score (nSPS) is 17.0. The van der Waals surface area contributed by atoms with E-state index in [9.17, 15) is 29.4 Å². The van der Waals surface area contributed by atoms with Gasteiger partial charge in [-0.25, -0.2) is 4.79 Å². The molecule has 10 nitrogen and oxygen atoms in total. The van der Waals surface area contributed by atoms with Gasteiger partial charge in [-0.3, -0.25) is 14.4 Å². The van der Waals surface area contributed by atoms with Crippen molar-refractivity contribution >= 4 is 23.7 Å². The average molecular weight is 346 g/mol. The van der Waals surface area contributed by atoms with Gasteiger partial charge in [-0.1, -0.05) is 20.3 Å². The standard InChI is InChI=1S/C14H26N4O6/c1-4-6(2)11(14(23)24)18-12(21)8(5-9(15)20)17-13(22)10(16)7(3)19/h6-8,10-11,19H,4-5,16H2,1-3H3,(H2,15,20)(H,17,22)(H,18,21)(H,23,24). The minimum Gasteiger partial charge on any atom is -0.480 e. The average Bonchev–Trinajstić information content (AvgIpc) is 2.48. The number of amides is 3. The van der Waals surface area contributed by atoms with Gasteiger partial charge >= 0.3 is 5.97 Å². The quantitative estimate of drug-likeness (QED) is 0.256. The molecule has 0 aliphatic rings. The molecule has 0 aromatic heterocycles. The number of aliphatic hydroxyl groups is 1. The van der Waals surface area contributed by atoms with Gasteiger partial charge in [0.05, 0.1) is 12.5 Å². The number of aliphatic carboxylic acids is 1. The summed E-state index contributed by atoms with van der Waals surface area (Å²) in [5.41, 5.74) is 10.5. The summed E-state index contributed by atoms with van der Waals surface area (Å²) in [5.74, 6) is -4.19. The number of primary amides is 1. The molecule has 5 unspecified atom stereocenters. The second-order valence-electron chi connectivity index (χ2n) is 5.71. The number of aliphatic hydroxyl groups excluding tert-OH is 1. The fourth-order valence-electron chi connectivity index (χ4n) is 1.83. The van der Waals surface area contributed by atoms with Crippen LogP contribution in [0.5, 0.6) is 0 Å². The molecule has 0 spiro atoms. The first-order valence-corrected chi connectivity index (χ1v) is 7.56. The van der Waals surface area contributed by atoms with Crippen LogP contribution in [0, 0.1) is 5.92 Å². The lowest BCUT2D eigenvalue weighted by Crippen LogP contribution is -2.57. The number of hydrogen-bond acceptors (Lipinski definition) is 6. The zero-order valence-corrected chi connectivity index (χ0v) is 14.0. The number of carbonyl (C=O) groups is 4. The zero-order valence-electron chi connectivity index (χ0n) is 14.0. The van der Waals surface area contributed by atoms with Crippen LogP contribution in [0.4, 0.5) is 0 Å². The maximum absolute atomic E-state index is 12.2. The number of nitrogens with one attached hydrogen (secondary N) is 2. The lowest BCUT2D eigenvalue weighted by molar-refractivity contribution is -0.143. The van der Waals surface area contributed by atoms with Crippen molar-refractivity contribution in [2.45, 2.75) is 57.8 Å². The highest BCUT2D eigenvalue weighted by molar-refractivity contribution is 5.94. The van der Waals surface area contributed by atoms with Gasteiger partial charge in [0.15, 0.2) is 0 Å². The predicted octanol–water partition coefficient (Wildman–Crippen LogP) is -2.33. The van der Waals surface area contributed by atoms with Crippen LogP contribution in [-0.4, -0.2) is 58.1 Å². The van der Waals surface area contributed by atoms with Crippen molar-refractivity contribution in [3.05, 3.63) is 0 Å². The third-order valence-corrected chi connectivity index (χ3v) is 3.64. The molecule has 0 aromatic carbocycles. The second kappa shape index (κ2) is 9.83. The van der Waals surface area contributed by atoms with E-state index in [1.54, 1.807) is 13.8 Å². The molecule has 0 saturated heterocycles. The summed E-state index contributed by atoms with van der Waals surface area (Å²) < 4.78 is 0. The molecule has 0 radical (unpaired) electrons. The molecule has 0 aliphatic carbocycles. The Bertz CT molecular complexity index is 482. The number of hydrogen-bond donors (Lipinski definition) is 6. The molecule has 138 valence electrons. The van der Waals surface area contributed by atoms with E-state index in [0.29, 0.717) is 6.42 Å². The molecule has 3 amide bonds. The van der Waals surface area contributed by atoms with Gasteiger partial charge < -0.3 is 32.3 Å². The molecule has 0 saturated carbocycles. The Morgan fingerprint density at radius 2 is 1.62 bits per heavy atom. The number of rotatable bonds is 10. The van der Waals surface area contributed by atoms with Crippen LogP contribution in [0.3, 0.4) is 0 Å². The lowest BCUT2D eigenvalue weighted by Gasteiger charge is -2.25. The molecule has 0 fully saturated rings. The van der Waals surface area contributed by atoms with Gasteiger partial charge in [-0.2, -0.15) is 0 Å². The minimum absolute atomic E-state index is 0.365. The predicted molar refractivity (Wildman–Crippen MR) is 84.4 cm³/mol. The minimum atomic E-state index is -1.38. The van der Waals surface area contributed by atoms with Crippen molar-refractivity contribution in [1.29, 1.82) is 0 Å². The van der Waals surface area contributed by atoms with Gasteiger partial charge in [-0.15, -0.1) is 0 Å². The van der Waals surface area contributed by atoms with Crippen LogP contribution >= 0.6 is 0 Å². The third-order valence-electron chi connectivity index (χ3n) is 3.64. The summed E-state index contributed by atoms with van der Waals surface area (Å²) in [5, 5.41) is 23.0. The SMILES string of the molecule is CCC(C)C(NC(=O)C(CC(N)=O)NC(=O)C(N)C(C)O)C(=O)O. The summed E-state index contributed by atoms with van der Waals surface area (Å²) >= 11 is 0. The van der Waals surface area contributed by atoms with E-state index in [-0.39, 0.29) is 5.92 Å². The molecule has 0 aliphatic heterocycles. The van der Waals surface area contributed by atoms with Crippen molar-refractivity contribution < 1.29 is 29.4 Å². The second-order valence-corrected chi connectivity index (χ2v) is 5.71. The van der Waals surface area contributed by atoms with E-state index >= 15 is 0 Å². The van der Waals surface area contributed by atoms with Crippen molar-refractivity contribution in [3.8, 4) is 0 Å². The smallest absolute Gasteiger partial charge is 0.326 e. The van der Waals surface area contributed by atoms with Crippen LogP contribution in [0.25, 0.3) is 0 Å². The van der Waals surface area contributed by atoms with Gasteiger partial charge in [0.25, 0.3) is 0 Å². The Kier molecular flexibility index (Phi) is 8.93. The Morgan fingerprint density at radius 3 is 2.00 bits per heavy atom. The Morgan fingerprint density at radius 1 is 1.08 bits per heavy atom. The molecule has 0 aromatic rings. The van der Waals surface area contributed by atoms with E-state index in [2.05, 4.69) is 10.6 Å². The fourth-order valence-corrected chi connectivity index (χ4v) is 1.83. The van der Waals surface area contributed by atoms with Gasteiger partial charge in [0, 0.05) is 0 Å². The monoisotopic (exact) mass is 346 g/mol.